The molecule has 0 heterocycles. The summed E-state index contributed by atoms with van der Waals surface area (Å²) < 4.78 is 0. The van der Waals surface area contributed by atoms with E-state index in [4.69, 9.17) is 10.2 Å². The SMILES string of the molecule is O=C(O)CCCC[C@@H]1[C@@H](CCC(=O)CCC(=O)O)[C@@H](O)C[C@@H]1O. The second-order valence-corrected chi connectivity index (χ2v) is 6.31. The molecule has 4 N–H and O–H groups in total. The Balaban J connectivity index is 2.41. The molecule has 1 rings (SSSR count). The van der Waals surface area contributed by atoms with Crippen molar-refractivity contribution in [3.05, 3.63) is 0 Å². The molecular formula is C16H26O7. The van der Waals surface area contributed by atoms with Gasteiger partial charge < -0.3 is 20.4 Å². The van der Waals surface area contributed by atoms with E-state index in [0.717, 1.165) is 0 Å². The number of aliphatic hydroxyl groups excluding tert-OH is 2. The van der Waals surface area contributed by atoms with Crippen molar-refractivity contribution in [1.82, 2.24) is 0 Å². The molecule has 1 aliphatic carbocycles. The Morgan fingerprint density at radius 3 is 1.87 bits per heavy atom. The van der Waals surface area contributed by atoms with Crippen molar-refractivity contribution >= 4 is 17.7 Å². The largest absolute Gasteiger partial charge is 0.481 e. The number of aliphatic carboxylic acids is 2. The standard InChI is InChI=1S/C16H26O7/c17-10(6-8-16(22)23)5-7-12-11(13(18)9-14(12)19)3-1-2-4-15(20)21/h11-14,18-19H,1-9H2,(H,20,21)(H,22,23)/t11-,12-,13+,14+/m1/s1. The van der Waals surface area contributed by atoms with Crippen LogP contribution >= 0.6 is 0 Å². The van der Waals surface area contributed by atoms with Crippen LogP contribution in [0.5, 0.6) is 0 Å². The van der Waals surface area contributed by atoms with Gasteiger partial charge in [-0.05, 0) is 37.5 Å². The molecular weight excluding hydrogens is 304 g/mol. The molecule has 0 amide bonds. The quantitative estimate of drug-likeness (QED) is 0.418. The van der Waals surface area contributed by atoms with Gasteiger partial charge >= 0.3 is 11.9 Å². The zero-order valence-electron chi connectivity index (χ0n) is 13.2. The average molecular weight is 330 g/mol. The third-order valence-corrected chi connectivity index (χ3v) is 4.57. The molecule has 4 atom stereocenters. The number of carbonyl (C=O) groups is 3. The summed E-state index contributed by atoms with van der Waals surface area (Å²) in [5.41, 5.74) is 0. The van der Waals surface area contributed by atoms with Crippen LogP contribution in [0, 0.1) is 11.8 Å². The Morgan fingerprint density at radius 2 is 1.30 bits per heavy atom. The Bertz CT molecular complexity index is 421. The van der Waals surface area contributed by atoms with Crippen molar-refractivity contribution in [1.29, 1.82) is 0 Å². The van der Waals surface area contributed by atoms with Gasteiger partial charge in [0.1, 0.15) is 5.78 Å². The fourth-order valence-corrected chi connectivity index (χ4v) is 3.34. The van der Waals surface area contributed by atoms with E-state index in [1.54, 1.807) is 0 Å². The second kappa shape index (κ2) is 9.62. The maximum absolute atomic E-state index is 11.7. The minimum atomic E-state index is -1.01. The zero-order valence-corrected chi connectivity index (χ0v) is 13.2. The zero-order chi connectivity index (χ0) is 17.4. The molecule has 0 aliphatic heterocycles. The number of carboxylic acids is 2. The van der Waals surface area contributed by atoms with Crippen LogP contribution < -0.4 is 0 Å². The lowest BCUT2D eigenvalue weighted by atomic mass is 9.85. The fourth-order valence-electron chi connectivity index (χ4n) is 3.34. The smallest absolute Gasteiger partial charge is 0.303 e. The van der Waals surface area contributed by atoms with Crippen LogP contribution in [0.25, 0.3) is 0 Å². The summed E-state index contributed by atoms with van der Waals surface area (Å²) in [7, 11) is 0. The van der Waals surface area contributed by atoms with E-state index >= 15 is 0 Å². The maximum Gasteiger partial charge on any atom is 0.303 e. The summed E-state index contributed by atoms with van der Waals surface area (Å²) in [4.78, 5) is 32.6. The molecule has 7 heteroatoms. The predicted molar refractivity (Wildman–Crippen MR) is 80.8 cm³/mol. The molecule has 7 nitrogen and oxygen atoms in total. The molecule has 132 valence electrons. The lowest BCUT2D eigenvalue weighted by Crippen LogP contribution is -2.23. The Kier molecular flexibility index (Phi) is 8.19. The Hall–Kier alpha value is -1.47. The van der Waals surface area contributed by atoms with Gasteiger partial charge in [-0.1, -0.05) is 6.42 Å². The Morgan fingerprint density at radius 1 is 0.739 bits per heavy atom. The minimum absolute atomic E-state index is 0.00994. The molecule has 0 radical (unpaired) electrons. The topological polar surface area (TPSA) is 132 Å². The van der Waals surface area contributed by atoms with E-state index in [1.807, 2.05) is 0 Å². The van der Waals surface area contributed by atoms with Crippen LogP contribution in [0.15, 0.2) is 0 Å². The van der Waals surface area contributed by atoms with Crippen LogP contribution in [0.3, 0.4) is 0 Å². The van der Waals surface area contributed by atoms with Crippen molar-refractivity contribution in [3.8, 4) is 0 Å². The first-order valence-electron chi connectivity index (χ1n) is 8.12. The number of Topliss-reactive ketones (excluding diaryl/α,β-unsaturated/α-hetero) is 1. The van der Waals surface area contributed by atoms with Crippen molar-refractivity contribution in [2.45, 2.75) is 70.0 Å². The summed E-state index contributed by atoms with van der Waals surface area (Å²) >= 11 is 0. The van der Waals surface area contributed by atoms with Gasteiger partial charge in [0.2, 0.25) is 0 Å². The van der Waals surface area contributed by atoms with Crippen molar-refractivity contribution in [2.24, 2.45) is 11.8 Å². The lowest BCUT2D eigenvalue weighted by molar-refractivity contribution is -0.138. The summed E-state index contributed by atoms with van der Waals surface area (Å²) in [5, 5.41) is 37.3. The molecule has 23 heavy (non-hydrogen) atoms. The number of rotatable bonds is 11. The van der Waals surface area contributed by atoms with Crippen LogP contribution in [-0.4, -0.2) is 50.4 Å². The average Bonchev–Trinajstić information content (AvgIpc) is 2.72. The van der Waals surface area contributed by atoms with Gasteiger partial charge in [0.15, 0.2) is 0 Å². The number of hydrogen-bond donors (Lipinski definition) is 4. The van der Waals surface area contributed by atoms with E-state index in [9.17, 15) is 24.6 Å². The van der Waals surface area contributed by atoms with Gasteiger partial charge in [0.05, 0.1) is 18.6 Å². The highest BCUT2D eigenvalue weighted by molar-refractivity contribution is 5.82. The van der Waals surface area contributed by atoms with Gasteiger partial charge in [0.25, 0.3) is 0 Å². The highest BCUT2D eigenvalue weighted by Crippen LogP contribution is 2.39. The summed E-state index contributed by atoms with van der Waals surface area (Å²) in [6, 6.07) is 0. The molecule has 0 spiro atoms. The minimum Gasteiger partial charge on any atom is -0.481 e. The summed E-state index contributed by atoms with van der Waals surface area (Å²) in [5.74, 6) is -2.33. The maximum atomic E-state index is 11.7. The normalized spacial score (nSPS) is 27.0. The monoisotopic (exact) mass is 330 g/mol. The first-order chi connectivity index (χ1) is 10.8. The number of unbranched alkanes of at least 4 members (excludes halogenated alkanes) is 1. The van der Waals surface area contributed by atoms with Gasteiger partial charge in [0, 0.05) is 19.3 Å². The molecule has 0 unspecified atom stereocenters. The molecule has 0 aromatic heterocycles. The van der Waals surface area contributed by atoms with Crippen LogP contribution in [-0.2, 0) is 14.4 Å². The predicted octanol–water partition coefficient (Wildman–Crippen LogP) is 1.20. The molecule has 0 aromatic carbocycles. The number of ketones is 1. The molecule has 0 saturated heterocycles. The van der Waals surface area contributed by atoms with Gasteiger partial charge in [-0.25, -0.2) is 0 Å². The summed E-state index contributed by atoms with van der Waals surface area (Å²) in [6.07, 6.45) is 1.31. The van der Waals surface area contributed by atoms with Crippen LogP contribution in [0.4, 0.5) is 0 Å². The van der Waals surface area contributed by atoms with Crippen LogP contribution in [0.1, 0.15) is 57.8 Å². The van der Waals surface area contributed by atoms with Crippen molar-refractivity contribution in [2.75, 3.05) is 0 Å². The van der Waals surface area contributed by atoms with E-state index in [1.165, 1.54) is 0 Å². The van der Waals surface area contributed by atoms with Crippen molar-refractivity contribution in [3.63, 3.8) is 0 Å². The third kappa shape index (κ3) is 7.09. The lowest BCUT2D eigenvalue weighted by Gasteiger charge is -2.23. The number of carboxylic acid groups (broad SMARTS) is 2. The first-order valence-corrected chi connectivity index (χ1v) is 8.12. The number of aliphatic hydroxyl groups is 2. The third-order valence-electron chi connectivity index (χ3n) is 4.57. The van der Waals surface area contributed by atoms with Crippen LogP contribution in [0.2, 0.25) is 0 Å². The van der Waals surface area contributed by atoms with Gasteiger partial charge in [-0.15, -0.1) is 0 Å². The van der Waals surface area contributed by atoms with E-state index < -0.39 is 24.1 Å². The van der Waals surface area contributed by atoms with E-state index in [0.29, 0.717) is 25.7 Å². The Labute approximate surface area is 135 Å². The van der Waals surface area contributed by atoms with E-state index in [-0.39, 0.29) is 49.7 Å². The fraction of sp³-hybridized carbons (Fsp3) is 0.812. The molecule has 1 fully saturated rings. The number of carbonyl (C=O) groups excluding carboxylic acids is 1. The highest BCUT2D eigenvalue weighted by Gasteiger charge is 2.40. The molecule has 1 aliphatic rings. The first kappa shape index (κ1) is 19.6. The molecule has 0 bridgehead atoms. The highest BCUT2D eigenvalue weighted by atomic mass is 16.4. The number of hydrogen-bond acceptors (Lipinski definition) is 5. The van der Waals surface area contributed by atoms with E-state index in [2.05, 4.69) is 0 Å². The van der Waals surface area contributed by atoms with Crippen molar-refractivity contribution < 1.29 is 34.8 Å². The summed E-state index contributed by atoms with van der Waals surface area (Å²) in [6.45, 7) is 0. The molecule has 1 saturated carbocycles. The van der Waals surface area contributed by atoms with Gasteiger partial charge in [-0.3, -0.25) is 14.4 Å². The molecule has 0 aromatic rings. The van der Waals surface area contributed by atoms with Gasteiger partial charge in [-0.2, -0.15) is 0 Å². The second-order valence-electron chi connectivity index (χ2n) is 6.31.